The van der Waals surface area contributed by atoms with Crippen LogP contribution in [-0.2, 0) is 9.59 Å². The van der Waals surface area contributed by atoms with Gasteiger partial charge in [0.1, 0.15) is 5.57 Å². The zero-order chi connectivity index (χ0) is 24.1. The number of carbonyl (C=O) groups excluding carboxylic acids is 3. The van der Waals surface area contributed by atoms with Gasteiger partial charge in [-0.05, 0) is 99.6 Å². The van der Waals surface area contributed by atoms with Gasteiger partial charge in [-0.2, -0.15) is 0 Å². The standard InChI is InChI=1S/C27H31N3O3/c1-7-29-23-12-17(3)19(13-21(23)18(4)15-27(29,5)6)14-22-24(31)28-26(33)30(25(22)32)20-10-8-9-16(2)11-20/h8-14,18H,7,15H2,1-6H3,(H,28,31,33)/b22-14-. The van der Waals surface area contributed by atoms with Crippen molar-refractivity contribution in [3.8, 4) is 0 Å². The third-order valence-corrected chi connectivity index (χ3v) is 6.75. The Bertz CT molecular complexity index is 1200. The number of benzene rings is 2. The Kier molecular flexibility index (Phi) is 5.64. The summed E-state index contributed by atoms with van der Waals surface area (Å²) >= 11 is 0. The summed E-state index contributed by atoms with van der Waals surface area (Å²) in [6, 6.07) is 10.6. The van der Waals surface area contributed by atoms with Crippen LogP contribution in [0.2, 0.25) is 0 Å². The summed E-state index contributed by atoms with van der Waals surface area (Å²) < 4.78 is 0. The van der Waals surface area contributed by atoms with Crippen molar-refractivity contribution in [1.82, 2.24) is 5.32 Å². The smallest absolute Gasteiger partial charge is 0.335 e. The Labute approximate surface area is 195 Å². The molecule has 0 aromatic heterocycles. The normalized spacial score (nSPS) is 21.3. The van der Waals surface area contributed by atoms with Crippen molar-refractivity contribution in [2.24, 2.45) is 0 Å². The summed E-state index contributed by atoms with van der Waals surface area (Å²) in [5.74, 6) is -0.942. The molecule has 0 bridgehead atoms. The highest BCUT2D eigenvalue weighted by atomic mass is 16.2. The van der Waals surface area contributed by atoms with E-state index in [4.69, 9.17) is 0 Å². The molecule has 1 fully saturated rings. The SMILES string of the molecule is CCN1c2cc(C)c(/C=C3/C(=O)NC(=O)N(c4cccc(C)c4)C3=O)cc2C(C)CC1(C)C. The highest BCUT2D eigenvalue weighted by Gasteiger charge is 2.38. The van der Waals surface area contributed by atoms with E-state index in [0.717, 1.165) is 34.6 Å². The number of fused-ring (bicyclic) bond motifs is 1. The largest absolute Gasteiger partial charge is 0.366 e. The van der Waals surface area contributed by atoms with Crippen molar-refractivity contribution in [3.63, 3.8) is 0 Å². The van der Waals surface area contributed by atoms with Crippen LogP contribution >= 0.6 is 0 Å². The van der Waals surface area contributed by atoms with Gasteiger partial charge in [0.25, 0.3) is 11.8 Å². The monoisotopic (exact) mass is 445 g/mol. The van der Waals surface area contributed by atoms with Crippen LogP contribution in [0.3, 0.4) is 0 Å². The fourth-order valence-corrected chi connectivity index (χ4v) is 5.22. The van der Waals surface area contributed by atoms with E-state index in [1.807, 2.05) is 19.9 Å². The van der Waals surface area contributed by atoms with Crippen molar-refractivity contribution >= 4 is 35.3 Å². The number of amides is 4. The fraction of sp³-hybridized carbons (Fsp3) is 0.370. The van der Waals surface area contributed by atoms with Gasteiger partial charge in [0.05, 0.1) is 5.69 Å². The molecule has 0 aliphatic carbocycles. The lowest BCUT2D eigenvalue weighted by Gasteiger charge is -2.47. The third-order valence-electron chi connectivity index (χ3n) is 6.75. The molecule has 2 aliphatic heterocycles. The maximum absolute atomic E-state index is 13.3. The topological polar surface area (TPSA) is 69.7 Å². The van der Waals surface area contributed by atoms with Gasteiger partial charge in [0.2, 0.25) is 0 Å². The van der Waals surface area contributed by atoms with E-state index >= 15 is 0 Å². The number of hydrogen-bond acceptors (Lipinski definition) is 4. The predicted octanol–water partition coefficient (Wildman–Crippen LogP) is 5.08. The minimum absolute atomic E-state index is 0.0460. The first-order valence-corrected chi connectivity index (χ1v) is 11.4. The molecule has 0 spiro atoms. The number of rotatable bonds is 3. The van der Waals surface area contributed by atoms with Gasteiger partial charge in [-0.1, -0.05) is 19.1 Å². The van der Waals surface area contributed by atoms with Crippen molar-refractivity contribution in [2.45, 2.75) is 59.4 Å². The molecule has 33 heavy (non-hydrogen) atoms. The molecule has 1 N–H and O–H groups in total. The lowest BCUT2D eigenvalue weighted by atomic mass is 9.79. The molecular weight excluding hydrogens is 414 g/mol. The fourth-order valence-electron chi connectivity index (χ4n) is 5.22. The molecule has 4 amide bonds. The van der Waals surface area contributed by atoms with Gasteiger partial charge in [0, 0.05) is 17.8 Å². The van der Waals surface area contributed by atoms with Gasteiger partial charge in [-0.25, -0.2) is 9.69 Å². The molecule has 4 rings (SSSR count). The predicted molar refractivity (Wildman–Crippen MR) is 131 cm³/mol. The Morgan fingerprint density at radius 2 is 1.85 bits per heavy atom. The van der Waals surface area contributed by atoms with Crippen LogP contribution < -0.4 is 15.1 Å². The quantitative estimate of drug-likeness (QED) is 0.528. The van der Waals surface area contributed by atoms with Gasteiger partial charge < -0.3 is 4.90 Å². The minimum Gasteiger partial charge on any atom is -0.366 e. The summed E-state index contributed by atoms with van der Waals surface area (Å²) in [6.45, 7) is 13.7. The first-order chi connectivity index (χ1) is 15.5. The average molecular weight is 446 g/mol. The van der Waals surface area contributed by atoms with Crippen molar-refractivity contribution in [3.05, 3.63) is 64.2 Å². The van der Waals surface area contributed by atoms with E-state index in [1.54, 1.807) is 24.3 Å². The number of nitrogens with one attached hydrogen (secondary N) is 1. The van der Waals surface area contributed by atoms with E-state index < -0.39 is 17.8 Å². The highest BCUT2D eigenvalue weighted by molar-refractivity contribution is 6.39. The number of hydrogen-bond donors (Lipinski definition) is 1. The highest BCUT2D eigenvalue weighted by Crippen LogP contribution is 2.44. The number of nitrogens with zero attached hydrogens (tertiary/aromatic N) is 2. The number of barbiturate groups is 1. The second-order valence-electron chi connectivity index (χ2n) is 9.73. The summed E-state index contributed by atoms with van der Waals surface area (Å²) in [5.41, 5.74) is 5.57. The van der Waals surface area contributed by atoms with Crippen LogP contribution in [0.25, 0.3) is 6.08 Å². The van der Waals surface area contributed by atoms with Gasteiger partial charge in [-0.3, -0.25) is 14.9 Å². The summed E-state index contributed by atoms with van der Waals surface area (Å²) in [7, 11) is 0. The van der Waals surface area contributed by atoms with Crippen LogP contribution in [-0.4, -0.2) is 29.9 Å². The Morgan fingerprint density at radius 1 is 1.12 bits per heavy atom. The molecule has 2 aliphatic rings. The maximum atomic E-state index is 13.3. The number of imide groups is 2. The van der Waals surface area contributed by atoms with Crippen LogP contribution in [0.15, 0.2) is 42.0 Å². The van der Waals surface area contributed by atoms with E-state index in [1.165, 1.54) is 11.3 Å². The molecule has 0 saturated carbocycles. The van der Waals surface area contributed by atoms with Gasteiger partial charge >= 0.3 is 6.03 Å². The van der Waals surface area contributed by atoms with Gasteiger partial charge in [0.15, 0.2) is 0 Å². The molecule has 0 radical (unpaired) electrons. The van der Waals surface area contributed by atoms with Crippen molar-refractivity contribution in [2.75, 3.05) is 16.3 Å². The Balaban J connectivity index is 1.78. The summed E-state index contributed by atoms with van der Waals surface area (Å²) in [6.07, 6.45) is 2.63. The van der Waals surface area contributed by atoms with Crippen LogP contribution in [0.5, 0.6) is 0 Å². The second kappa shape index (κ2) is 8.18. The lowest BCUT2D eigenvalue weighted by Crippen LogP contribution is -2.54. The molecule has 1 saturated heterocycles. The van der Waals surface area contributed by atoms with Crippen molar-refractivity contribution < 1.29 is 14.4 Å². The first kappa shape index (κ1) is 22.8. The van der Waals surface area contributed by atoms with E-state index in [0.29, 0.717) is 11.6 Å². The Hall–Kier alpha value is -3.41. The zero-order valence-corrected chi connectivity index (χ0v) is 20.2. The van der Waals surface area contributed by atoms with E-state index in [9.17, 15) is 14.4 Å². The number of anilines is 2. The van der Waals surface area contributed by atoms with Crippen LogP contribution in [0.1, 0.15) is 62.3 Å². The maximum Gasteiger partial charge on any atom is 0.335 e. The number of urea groups is 1. The molecule has 2 heterocycles. The molecule has 2 aromatic rings. The lowest BCUT2D eigenvalue weighted by molar-refractivity contribution is -0.122. The average Bonchev–Trinajstić information content (AvgIpc) is 2.71. The number of carbonyl (C=O) groups is 3. The summed E-state index contributed by atoms with van der Waals surface area (Å²) in [4.78, 5) is 41.9. The first-order valence-electron chi connectivity index (χ1n) is 11.4. The van der Waals surface area contributed by atoms with E-state index in [2.05, 4.69) is 50.0 Å². The van der Waals surface area contributed by atoms with Crippen LogP contribution in [0, 0.1) is 13.8 Å². The van der Waals surface area contributed by atoms with Crippen LogP contribution in [0.4, 0.5) is 16.2 Å². The van der Waals surface area contributed by atoms with Crippen molar-refractivity contribution in [1.29, 1.82) is 0 Å². The minimum atomic E-state index is -0.732. The second-order valence-corrected chi connectivity index (χ2v) is 9.73. The third kappa shape index (κ3) is 3.94. The Morgan fingerprint density at radius 3 is 2.52 bits per heavy atom. The summed E-state index contributed by atoms with van der Waals surface area (Å²) in [5, 5.41) is 2.32. The zero-order valence-electron chi connectivity index (χ0n) is 20.2. The molecule has 172 valence electrons. The molecule has 1 atom stereocenters. The molecule has 1 unspecified atom stereocenters. The van der Waals surface area contributed by atoms with E-state index in [-0.39, 0.29) is 11.1 Å². The molecular formula is C27H31N3O3. The number of aryl methyl sites for hydroxylation is 2. The van der Waals surface area contributed by atoms with Gasteiger partial charge in [-0.15, -0.1) is 0 Å². The molecule has 2 aromatic carbocycles. The molecule has 6 heteroatoms. The molecule has 6 nitrogen and oxygen atoms in total.